The van der Waals surface area contributed by atoms with E-state index in [1.54, 1.807) is 22.7 Å². The summed E-state index contributed by atoms with van der Waals surface area (Å²) in [6.45, 7) is 2.19. The Morgan fingerprint density at radius 1 is 0.625 bits per heavy atom. The highest BCUT2D eigenvalue weighted by Gasteiger charge is 2.13. The number of rotatable bonds is 3. The predicted molar refractivity (Wildman–Crippen MR) is 137 cm³/mol. The molecule has 4 heteroatoms. The molecule has 0 radical (unpaired) electrons. The van der Waals surface area contributed by atoms with Crippen molar-refractivity contribution >= 4 is 65.2 Å². The van der Waals surface area contributed by atoms with E-state index in [0.29, 0.717) is 0 Å². The standard InChI is InChI=1S/C28H18O2S2/c1-2-20-15-24-23-14-19(7-9-26(23)30-28(24)32-20)17-5-3-4-16(12-17)18-6-8-25-22(13-18)21-10-11-31-27(21)29-25/h3-15H,2H2,1H3. The SMILES string of the molecule is CCc1cc2c(oc3ccc(-c4cccc(-c5ccc6oc7sccc7c6c5)c4)cc32)s1. The van der Waals surface area contributed by atoms with E-state index in [1.807, 2.05) is 0 Å². The van der Waals surface area contributed by atoms with Crippen molar-refractivity contribution in [3.63, 3.8) is 0 Å². The van der Waals surface area contributed by atoms with Crippen LogP contribution in [0.3, 0.4) is 0 Å². The van der Waals surface area contributed by atoms with E-state index in [4.69, 9.17) is 8.83 Å². The largest absolute Gasteiger partial charge is 0.445 e. The van der Waals surface area contributed by atoms with Gasteiger partial charge >= 0.3 is 0 Å². The number of hydrogen-bond donors (Lipinski definition) is 0. The summed E-state index contributed by atoms with van der Waals surface area (Å²) in [7, 11) is 0. The monoisotopic (exact) mass is 450 g/mol. The van der Waals surface area contributed by atoms with Gasteiger partial charge < -0.3 is 8.83 Å². The van der Waals surface area contributed by atoms with Crippen LogP contribution >= 0.6 is 22.7 Å². The van der Waals surface area contributed by atoms with Crippen molar-refractivity contribution in [1.82, 2.24) is 0 Å². The third-order valence-electron chi connectivity index (χ3n) is 6.20. The van der Waals surface area contributed by atoms with E-state index in [2.05, 4.69) is 85.1 Å². The Labute approximate surface area is 192 Å². The summed E-state index contributed by atoms with van der Waals surface area (Å²) < 4.78 is 12.1. The Hall–Kier alpha value is -3.34. The van der Waals surface area contributed by atoms with Gasteiger partial charge in [-0.1, -0.05) is 37.3 Å². The molecule has 2 nitrogen and oxygen atoms in total. The third-order valence-corrected chi connectivity index (χ3v) is 8.15. The Balaban J connectivity index is 1.35. The first-order valence-electron chi connectivity index (χ1n) is 10.7. The fourth-order valence-electron chi connectivity index (χ4n) is 4.53. The highest BCUT2D eigenvalue weighted by atomic mass is 32.1. The van der Waals surface area contributed by atoms with Crippen LogP contribution in [0.2, 0.25) is 0 Å². The zero-order valence-electron chi connectivity index (χ0n) is 17.3. The second-order valence-electron chi connectivity index (χ2n) is 8.10. The third kappa shape index (κ3) is 2.70. The first kappa shape index (κ1) is 18.3. The lowest BCUT2D eigenvalue weighted by molar-refractivity contribution is 0.677. The highest BCUT2D eigenvalue weighted by Crippen LogP contribution is 2.39. The van der Waals surface area contributed by atoms with Gasteiger partial charge in [0.1, 0.15) is 11.2 Å². The van der Waals surface area contributed by atoms with Crippen molar-refractivity contribution < 1.29 is 8.83 Å². The second kappa shape index (κ2) is 6.83. The van der Waals surface area contributed by atoms with Crippen LogP contribution in [0.15, 0.2) is 87.0 Å². The number of benzene rings is 3. The number of fused-ring (bicyclic) bond motifs is 6. The van der Waals surface area contributed by atoms with E-state index in [1.165, 1.54) is 48.7 Å². The van der Waals surface area contributed by atoms with Crippen LogP contribution in [0.4, 0.5) is 0 Å². The van der Waals surface area contributed by atoms with Crippen molar-refractivity contribution in [3.05, 3.63) is 83.1 Å². The van der Waals surface area contributed by atoms with Gasteiger partial charge in [-0.25, -0.2) is 0 Å². The minimum absolute atomic E-state index is 0.948. The Morgan fingerprint density at radius 2 is 1.28 bits per heavy atom. The van der Waals surface area contributed by atoms with Crippen LogP contribution in [0.25, 0.3) is 64.8 Å². The maximum Gasteiger partial charge on any atom is 0.189 e. The summed E-state index contributed by atoms with van der Waals surface area (Å²) in [5.41, 5.74) is 6.72. The molecule has 4 heterocycles. The fraction of sp³-hybridized carbons (Fsp3) is 0.0714. The van der Waals surface area contributed by atoms with Crippen LogP contribution in [0.1, 0.15) is 11.8 Å². The van der Waals surface area contributed by atoms with Crippen molar-refractivity contribution in [3.8, 4) is 22.3 Å². The van der Waals surface area contributed by atoms with Crippen molar-refractivity contribution in [2.45, 2.75) is 13.3 Å². The molecule has 0 spiro atoms. The summed E-state index contributed by atoms with van der Waals surface area (Å²) in [5, 5.41) is 6.87. The normalized spacial score (nSPS) is 12.0. The van der Waals surface area contributed by atoms with E-state index < -0.39 is 0 Å². The van der Waals surface area contributed by atoms with Crippen LogP contribution in [0.5, 0.6) is 0 Å². The summed E-state index contributed by atoms with van der Waals surface area (Å²) in [5.74, 6) is 0. The van der Waals surface area contributed by atoms with Gasteiger partial charge in [-0.15, -0.1) is 22.7 Å². The quantitative estimate of drug-likeness (QED) is 0.268. The average Bonchev–Trinajstić information content (AvgIpc) is 3.58. The number of aryl methyl sites for hydroxylation is 1. The van der Waals surface area contributed by atoms with Crippen molar-refractivity contribution in [2.24, 2.45) is 0 Å². The lowest BCUT2D eigenvalue weighted by Gasteiger charge is -2.07. The first-order valence-corrected chi connectivity index (χ1v) is 12.4. The fourth-order valence-corrected chi connectivity index (χ4v) is 6.27. The molecular weight excluding hydrogens is 432 g/mol. The van der Waals surface area contributed by atoms with Gasteiger partial charge in [-0.2, -0.15) is 0 Å². The molecule has 4 aromatic heterocycles. The van der Waals surface area contributed by atoms with Crippen LogP contribution in [-0.4, -0.2) is 0 Å². The molecule has 0 atom stereocenters. The zero-order valence-corrected chi connectivity index (χ0v) is 19.0. The van der Waals surface area contributed by atoms with Crippen LogP contribution in [-0.2, 0) is 6.42 Å². The lowest BCUT2D eigenvalue weighted by Crippen LogP contribution is -1.82. The van der Waals surface area contributed by atoms with Crippen LogP contribution < -0.4 is 0 Å². The minimum atomic E-state index is 0.948. The molecule has 3 aromatic carbocycles. The molecule has 0 aliphatic rings. The first-order chi connectivity index (χ1) is 15.8. The smallest absolute Gasteiger partial charge is 0.189 e. The van der Waals surface area contributed by atoms with Gasteiger partial charge in [0.05, 0.1) is 0 Å². The molecule has 0 aliphatic heterocycles. The Bertz CT molecular complexity index is 1770. The van der Waals surface area contributed by atoms with Gasteiger partial charge in [0.2, 0.25) is 0 Å². The lowest BCUT2D eigenvalue weighted by atomic mass is 9.97. The van der Waals surface area contributed by atoms with Crippen LogP contribution in [0, 0.1) is 0 Å². The molecule has 0 saturated heterocycles. The molecule has 0 amide bonds. The summed E-state index contributed by atoms with van der Waals surface area (Å²) in [6.07, 6.45) is 1.04. The maximum absolute atomic E-state index is 6.09. The molecule has 7 rings (SSSR count). The molecule has 0 fully saturated rings. The molecule has 0 N–H and O–H groups in total. The van der Waals surface area contributed by atoms with Crippen molar-refractivity contribution in [1.29, 1.82) is 0 Å². The second-order valence-corrected chi connectivity index (χ2v) is 10.1. The Kier molecular flexibility index (Phi) is 3.89. The predicted octanol–water partition coefficient (Wildman–Crippen LogP) is 9.50. The maximum atomic E-state index is 6.09. The van der Waals surface area contributed by atoms with E-state index in [-0.39, 0.29) is 0 Å². The average molecular weight is 451 g/mol. The molecule has 0 bridgehead atoms. The summed E-state index contributed by atoms with van der Waals surface area (Å²) in [6, 6.07) is 26.2. The number of hydrogen-bond acceptors (Lipinski definition) is 4. The highest BCUT2D eigenvalue weighted by molar-refractivity contribution is 7.18. The van der Waals surface area contributed by atoms with Gasteiger partial charge in [-0.3, -0.25) is 0 Å². The van der Waals surface area contributed by atoms with E-state index in [9.17, 15) is 0 Å². The van der Waals surface area contributed by atoms with E-state index in [0.717, 1.165) is 27.4 Å². The molecule has 7 aromatic rings. The Morgan fingerprint density at radius 3 is 2.00 bits per heavy atom. The number of thiophene rings is 2. The zero-order chi connectivity index (χ0) is 21.2. The van der Waals surface area contributed by atoms with Gasteiger partial charge in [0, 0.05) is 26.4 Å². The van der Waals surface area contributed by atoms with E-state index >= 15 is 0 Å². The molecule has 32 heavy (non-hydrogen) atoms. The molecule has 0 saturated carbocycles. The summed E-state index contributed by atoms with van der Waals surface area (Å²) >= 11 is 3.40. The van der Waals surface area contributed by atoms with Gasteiger partial charge in [0.25, 0.3) is 0 Å². The van der Waals surface area contributed by atoms with Gasteiger partial charge in [0.15, 0.2) is 9.79 Å². The molecular formula is C28H18O2S2. The minimum Gasteiger partial charge on any atom is -0.445 e. The molecule has 154 valence electrons. The molecule has 0 unspecified atom stereocenters. The molecule has 0 aliphatic carbocycles. The van der Waals surface area contributed by atoms with Crippen molar-refractivity contribution in [2.75, 3.05) is 0 Å². The van der Waals surface area contributed by atoms with Gasteiger partial charge in [-0.05, 0) is 76.5 Å². The number of furan rings is 2. The topological polar surface area (TPSA) is 26.3 Å². The summed E-state index contributed by atoms with van der Waals surface area (Å²) in [4.78, 5) is 3.38.